The van der Waals surface area contributed by atoms with Gasteiger partial charge in [-0.05, 0) is 46.9 Å². The van der Waals surface area contributed by atoms with E-state index in [1.165, 1.54) is 0 Å². The van der Waals surface area contributed by atoms with Gasteiger partial charge in [-0.25, -0.2) is 4.79 Å². The number of hydrogen-bond acceptors (Lipinski definition) is 4. The van der Waals surface area contributed by atoms with Crippen molar-refractivity contribution in [3.63, 3.8) is 0 Å². The summed E-state index contributed by atoms with van der Waals surface area (Å²) in [4.78, 5) is 13.8. The molecule has 5 nitrogen and oxygen atoms in total. The highest BCUT2D eigenvalue weighted by Crippen LogP contribution is 2.30. The fourth-order valence-electron chi connectivity index (χ4n) is 1.86. The Kier molecular flexibility index (Phi) is 3.35. The van der Waals surface area contributed by atoms with E-state index in [9.17, 15) is 4.79 Å². The number of rotatable bonds is 2. The molecule has 1 heterocycles. The molecule has 0 radical (unpaired) electrons. The minimum Gasteiger partial charge on any atom is -0.408 e. The van der Waals surface area contributed by atoms with Gasteiger partial charge in [0, 0.05) is 14.7 Å². The highest BCUT2D eigenvalue weighted by molar-refractivity contribution is 14.1. The fraction of sp³-hybridized carbons (Fsp3) is 0. The normalized spacial score (nSPS) is 10.9. The monoisotopic (exact) mass is 401 g/mol. The molecule has 20 heavy (non-hydrogen) atoms. The van der Waals surface area contributed by atoms with Gasteiger partial charge in [-0.1, -0.05) is 11.6 Å². The Hall–Kier alpha value is -1.67. The van der Waals surface area contributed by atoms with Crippen LogP contribution in [0, 0.1) is 3.57 Å². The number of fused-ring (bicyclic) bond motifs is 1. The first-order chi connectivity index (χ1) is 9.52. The van der Waals surface area contributed by atoms with Gasteiger partial charge in [0.05, 0.1) is 22.6 Å². The summed E-state index contributed by atoms with van der Waals surface area (Å²) in [6.45, 7) is 0. The van der Waals surface area contributed by atoms with Gasteiger partial charge in [0.2, 0.25) is 0 Å². The zero-order valence-corrected chi connectivity index (χ0v) is 12.9. The molecule has 0 aliphatic rings. The number of nitrogens with one attached hydrogen (secondary N) is 2. The van der Waals surface area contributed by atoms with Crippen molar-refractivity contribution >= 4 is 62.4 Å². The fourth-order valence-corrected chi connectivity index (χ4v) is 2.86. The van der Waals surface area contributed by atoms with Crippen LogP contribution in [0.3, 0.4) is 0 Å². The van der Waals surface area contributed by atoms with Gasteiger partial charge in [-0.2, -0.15) is 0 Å². The molecule has 7 heteroatoms. The first-order valence-corrected chi connectivity index (χ1v) is 7.13. The Morgan fingerprint density at radius 1 is 1.25 bits per heavy atom. The SMILES string of the molecule is Nc1cc2oc(=O)[nH]c2cc1Nc1ccc(Cl)cc1I. The summed E-state index contributed by atoms with van der Waals surface area (Å²) < 4.78 is 5.92. The highest BCUT2D eigenvalue weighted by atomic mass is 127. The van der Waals surface area contributed by atoms with E-state index in [4.69, 9.17) is 21.8 Å². The van der Waals surface area contributed by atoms with Gasteiger partial charge in [-0.3, -0.25) is 4.98 Å². The van der Waals surface area contributed by atoms with Crippen molar-refractivity contribution in [2.75, 3.05) is 11.1 Å². The Balaban J connectivity index is 2.05. The van der Waals surface area contributed by atoms with Crippen molar-refractivity contribution in [1.82, 2.24) is 4.98 Å². The average molecular weight is 402 g/mol. The lowest BCUT2D eigenvalue weighted by Gasteiger charge is -2.11. The van der Waals surface area contributed by atoms with Crippen LogP contribution in [-0.4, -0.2) is 4.98 Å². The van der Waals surface area contributed by atoms with Gasteiger partial charge in [0.1, 0.15) is 0 Å². The number of nitrogens with two attached hydrogens (primary N) is 1. The lowest BCUT2D eigenvalue weighted by atomic mass is 10.2. The minimum atomic E-state index is -0.502. The van der Waals surface area contributed by atoms with Crippen LogP contribution in [0.4, 0.5) is 17.1 Å². The summed E-state index contributed by atoms with van der Waals surface area (Å²) in [5.41, 5.74) is 9.05. The third-order valence-corrected chi connectivity index (χ3v) is 3.92. The molecule has 4 N–H and O–H groups in total. The number of aromatic amines is 1. The molecular weight excluding hydrogens is 393 g/mol. The molecule has 0 unspecified atom stereocenters. The van der Waals surface area contributed by atoms with E-state index < -0.39 is 5.76 Å². The second-order valence-electron chi connectivity index (χ2n) is 4.20. The zero-order chi connectivity index (χ0) is 14.3. The largest absolute Gasteiger partial charge is 0.417 e. The lowest BCUT2D eigenvalue weighted by molar-refractivity contribution is 0.555. The molecule has 2 aromatic carbocycles. The van der Waals surface area contributed by atoms with Crippen LogP contribution in [0.2, 0.25) is 5.02 Å². The smallest absolute Gasteiger partial charge is 0.408 e. The molecule has 0 amide bonds. The van der Waals surface area contributed by atoms with Crippen molar-refractivity contribution in [3.8, 4) is 0 Å². The number of anilines is 3. The molecule has 0 aliphatic heterocycles. The minimum absolute atomic E-state index is 0.434. The zero-order valence-electron chi connectivity index (χ0n) is 10.0. The van der Waals surface area contributed by atoms with Crippen LogP contribution in [0.15, 0.2) is 39.5 Å². The first kappa shape index (κ1) is 13.3. The molecule has 0 fully saturated rings. The number of H-pyrrole nitrogens is 1. The molecule has 0 saturated carbocycles. The summed E-state index contributed by atoms with van der Waals surface area (Å²) in [6.07, 6.45) is 0. The van der Waals surface area contributed by atoms with Crippen LogP contribution in [0.1, 0.15) is 0 Å². The third-order valence-electron chi connectivity index (χ3n) is 2.79. The number of benzene rings is 2. The summed E-state index contributed by atoms with van der Waals surface area (Å²) >= 11 is 8.11. The van der Waals surface area contributed by atoms with E-state index >= 15 is 0 Å². The van der Waals surface area contributed by atoms with Crippen molar-refractivity contribution in [1.29, 1.82) is 0 Å². The molecule has 0 atom stereocenters. The van der Waals surface area contributed by atoms with E-state index in [-0.39, 0.29) is 0 Å². The van der Waals surface area contributed by atoms with Crippen LogP contribution in [0.25, 0.3) is 11.1 Å². The summed E-state index contributed by atoms with van der Waals surface area (Å²) in [7, 11) is 0. The van der Waals surface area contributed by atoms with E-state index in [0.717, 1.165) is 9.26 Å². The van der Waals surface area contributed by atoms with Crippen LogP contribution in [-0.2, 0) is 0 Å². The topological polar surface area (TPSA) is 84.0 Å². The number of hydrogen-bond donors (Lipinski definition) is 3. The molecule has 0 aliphatic carbocycles. The number of nitrogen functional groups attached to an aromatic ring is 1. The van der Waals surface area contributed by atoms with E-state index in [0.29, 0.717) is 27.5 Å². The predicted octanol–water partition coefficient (Wildman–Crippen LogP) is 3.70. The highest BCUT2D eigenvalue weighted by Gasteiger charge is 2.08. The molecule has 0 spiro atoms. The van der Waals surface area contributed by atoms with Gasteiger partial charge in [0.15, 0.2) is 5.58 Å². The molecule has 0 bridgehead atoms. The first-order valence-electron chi connectivity index (χ1n) is 5.67. The summed E-state index contributed by atoms with van der Waals surface area (Å²) in [5.74, 6) is -0.502. The number of oxazole rings is 1. The van der Waals surface area contributed by atoms with E-state index in [1.807, 2.05) is 12.1 Å². The molecule has 3 aromatic rings. The third kappa shape index (κ3) is 2.48. The molecule has 102 valence electrons. The summed E-state index contributed by atoms with van der Waals surface area (Å²) in [6, 6.07) is 8.85. The van der Waals surface area contributed by atoms with Crippen molar-refractivity contribution < 1.29 is 4.42 Å². The van der Waals surface area contributed by atoms with E-state index in [1.54, 1.807) is 18.2 Å². The Labute approximate surface area is 132 Å². The Bertz CT molecular complexity index is 856. The van der Waals surface area contributed by atoms with Crippen LogP contribution >= 0.6 is 34.2 Å². The van der Waals surface area contributed by atoms with Gasteiger partial charge in [-0.15, -0.1) is 0 Å². The van der Waals surface area contributed by atoms with Crippen molar-refractivity contribution in [2.45, 2.75) is 0 Å². The second kappa shape index (κ2) is 5.02. The Morgan fingerprint density at radius 2 is 2.05 bits per heavy atom. The Morgan fingerprint density at radius 3 is 2.80 bits per heavy atom. The van der Waals surface area contributed by atoms with Crippen LogP contribution in [0.5, 0.6) is 0 Å². The lowest BCUT2D eigenvalue weighted by Crippen LogP contribution is -1.98. The maximum atomic E-state index is 11.2. The molecular formula is C13H9ClIN3O2. The summed E-state index contributed by atoms with van der Waals surface area (Å²) in [5, 5.41) is 3.88. The van der Waals surface area contributed by atoms with Gasteiger partial charge >= 0.3 is 5.76 Å². The maximum absolute atomic E-state index is 11.2. The van der Waals surface area contributed by atoms with Crippen molar-refractivity contribution in [3.05, 3.63) is 49.5 Å². The van der Waals surface area contributed by atoms with E-state index in [2.05, 4.69) is 32.9 Å². The van der Waals surface area contributed by atoms with Crippen molar-refractivity contribution in [2.24, 2.45) is 0 Å². The average Bonchev–Trinajstić information content (AvgIpc) is 2.72. The van der Waals surface area contributed by atoms with Gasteiger partial charge in [0.25, 0.3) is 0 Å². The molecule has 0 saturated heterocycles. The molecule has 1 aromatic heterocycles. The number of halogens is 2. The predicted molar refractivity (Wildman–Crippen MR) is 88.7 cm³/mol. The quantitative estimate of drug-likeness (QED) is 0.451. The van der Waals surface area contributed by atoms with Crippen LogP contribution < -0.4 is 16.8 Å². The molecule has 3 rings (SSSR count). The van der Waals surface area contributed by atoms with Gasteiger partial charge < -0.3 is 15.5 Å². The second-order valence-corrected chi connectivity index (χ2v) is 5.80. The standard InChI is InChI=1S/C13H9ClIN3O2/c14-6-1-2-9(7(15)3-6)17-10-5-11-12(4-8(10)16)20-13(19)18-11/h1-5,17H,16H2,(H,18,19). The maximum Gasteiger partial charge on any atom is 0.417 e. The number of aromatic nitrogens is 1.